The van der Waals surface area contributed by atoms with Gasteiger partial charge < -0.3 is 8.98 Å². The summed E-state index contributed by atoms with van der Waals surface area (Å²) in [6.07, 6.45) is 3.22. The first-order valence-electron chi connectivity index (χ1n) is 11.4. The van der Waals surface area contributed by atoms with Crippen molar-refractivity contribution in [2.24, 2.45) is 0 Å². The quantitative estimate of drug-likeness (QED) is 0.169. The Balaban J connectivity index is 1.57. The van der Waals surface area contributed by atoms with Gasteiger partial charge in [-0.1, -0.05) is 23.7 Å². The zero-order valence-corrected chi connectivity index (χ0v) is 20.3. The van der Waals surface area contributed by atoms with Crippen molar-refractivity contribution in [1.29, 1.82) is 0 Å². The van der Waals surface area contributed by atoms with E-state index in [-0.39, 0.29) is 28.6 Å². The molecular formula is C28H18ClF2N3O4. The van der Waals surface area contributed by atoms with E-state index in [4.69, 9.17) is 16.0 Å². The Labute approximate surface area is 219 Å². The highest BCUT2D eigenvalue weighted by Gasteiger charge is 2.23. The number of aromatic nitrogens is 2. The number of benzene rings is 3. The molecule has 0 aliphatic heterocycles. The predicted molar refractivity (Wildman–Crippen MR) is 138 cm³/mol. The van der Waals surface area contributed by atoms with E-state index in [1.165, 1.54) is 65.5 Å². The molecule has 5 aromatic rings. The van der Waals surface area contributed by atoms with Gasteiger partial charge in [0.1, 0.15) is 17.7 Å². The minimum absolute atomic E-state index is 0.189. The van der Waals surface area contributed by atoms with E-state index in [0.29, 0.717) is 16.9 Å². The Hall–Kier alpha value is -4.63. The molecule has 0 aliphatic rings. The average molecular weight is 534 g/mol. The van der Waals surface area contributed by atoms with Gasteiger partial charge in [-0.3, -0.25) is 14.9 Å². The van der Waals surface area contributed by atoms with Crippen molar-refractivity contribution >= 4 is 17.3 Å². The predicted octanol–water partition coefficient (Wildman–Crippen LogP) is 6.84. The molecule has 1 atom stereocenters. The molecule has 0 N–H and O–H groups in total. The van der Waals surface area contributed by atoms with Gasteiger partial charge in [-0.25, -0.2) is 13.8 Å². The molecule has 0 bridgehead atoms. The lowest BCUT2D eigenvalue weighted by Gasteiger charge is -2.18. The number of hydrogen-bond acceptors (Lipinski definition) is 5. The van der Waals surface area contributed by atoms with Crippen LogP contribution in [-0.4, -0.2) is 14.5 Å². The van der Waals surface area contributed by atoms with Gasteiger partial charge in [-0.2, -0.15) is 0 Å². The fraction of sp³-hybridized carbons (Fsp3) is 0.0714. The minimum Gasteiger partial charge on any atom is -0.438 e. The third kappa shape index (κ3) is 5.23. The van der Waals surface area contributed by atoms with Crippen LogP contribution in [-0.2, 0) is 6.42 Å². The van der Waals surface area contributed by atoms with Gasteiger partial charge in [0.2, 0.25) is 5.89 Å². The molecule has 10 heteroatoms. The Morgan fingerprint density at radius 1 is 0.947 bits per heavy atom. The zero-order valence-electron chi connectivity index (χ0n) is 19.6. The van der Waals surface area contributed by atoms with Gasteiger partial charge in [0.25, 0.3) is 11.2 Å². The number of hydrogen-bond donors (Lipinski definition) is 0. The van der Waals surface area contributed by atoms with Crippen LogP contribution in [0.5, 0.6) is 0 Å². The number of oxazole rings is 1. The van der Waals surface area contributed by atoms with Gasteiger partial charge >= 0.3 is 0 Å². The van der Waals surface area contributed by atoms with Gasteiger partial charge in [-0.15, -0.1) is 0 Å². The maximum absolute atomic E-state index is 13.5. The number of halogens is 3. The largest absolute Gasteiger partial charge is 0.438 e. The number of nitro benzene ring substituents is 1. The highest BCUT2D eigenvalue weighted by molar-refractivity contribution is 6.31. The molecule has 0 fully saturated rings. The number of pyridine rings is 1. The van der Waals surface area contributed by atoms with Crippen LogP contribution in [0.3, 0.4) is 0 Å². The Bertz CT molecular complexity index is 1680. The lowest BCUT2D eigenvalue weighted by atomic mass is 10.0. The maximum Gasteiger partial charge on any atom is 0.277 e. The molecule has 3 aromatic carbocycles. The molecule has 1 unspecified atom stereocenters. The van der Waals surface area contributed by atoms with Crippen molar-refractivity contribution in [1.82, 2.24) is 9.55 Å². The smallest absolute Gasteiger partial charge is 0.277 e. The minimum atomic E-state index is -0.731. The van der Waals surface area contributed by atoms with Crippen molar-refractivity contribution in [3.63, 3.8) is 0 Å². The van der Waals surface area contributed by atoms with E-state index in [1.54, 1.807) is 30.3 Å². The van der Waals surface area contributed by atoms with Crippen LogP contribution in [0.2, 0.25) is 5.02 Å². The summed E-state index contributed by atoms with van der Waals surface area (Å²) < 4.78 is 34.2. The van der Waals surface area contributed by atoms with Crippen molar-refractivity contribution in [3.05, 3.63) is 140 Å². The van der Waals surface area contributed by atoms with Crippen LogP contribution in [0.1, 0.15) is 17.5 Å². The molecule has 0 amide bonds. The highest BCUT2D eigenvalue weighted by atomic mass is 35.5. The molecule has 0 saturated carbocycles. The van der Waals surface area contributed by atoms with E-state index >= 15 is 0 Å². The number of rotatable bonds is 7. The molecule has 0 aliphatic carbocycles. The second-order valence-electron chi connectivity index (χ2n) is 8.50. The van der Waals surface area contributed by atoms with E-state index in [0.717, 1.165) is 5.56 Å². The topological polar surface area (TPSA) is 91.2 Å². The van der Waals surface area contributed by atoms with Crippen LogP contribution < -0.4 is 5.56 Å². The zero-order chi connectivity index (χ0) is 26.8. The fourth-order valence-electron chi connectivity index (χ4n) is 4.15. The van der Waals surface area contributed by atoms with Crippen LogP contribution in [0.25, 0.3) is 22.5 Å². The maximum atomic E-state index is 13.5. The SMILES string of the molecule is O=c1cc(-c2cc(Cl)ccc2[N+](=O)[O-])ccn1C(Cc1ccc(F)cc1)c1ncc(-c2ccc(F)cc2)o1. The summed E-state index contributed by atoms with van der Waals surface area (Å²) in [4.78, 5) is 28.7. The number of nitro groups is 1. The molecule has 38 heavy (non-hydrogen) atoms. The number of nitrogens with zero attached hydrogens (tertiary/aromatic N) is 3. The lowest BCUT2D eigenvalue weighted by molar-refractivity contribution is -0.384. The molecule has 0 spiro atoms. The molecule has 2 aromatic heterocycles. The van der Waals surface area contributed by atoms with Crippen LogP contribution in [0, 0.1) is 21.7 Å². The van der Waals surface area contributed by atoms with Gasteiger partial charge in [0.15, 0.2) is 5.76 Å². The first-order chi connectivity index (χ1) is 18.3. The normalized spacial score (nSPS) is 11.9. The van der Waals surface area contributed by atoms with Crippen LogP contribution >= 0.6 is 11.6 Å². The van der Waals surface area contributed by atoms with Gasteiger partial charge in [0, 0.05) is 35.3 Å². The monoisotopic (exact) mass is 533 g/mol. The van der Waals surface area contributed by atoms with E-state index < -0.39 is 28.2 Å². The second-order valence-corrected chi connectivity index (χ2v) is 8.93. The summed E-state index contributed by atoms with van der Waals surface area (Å²) in [6.45, 7) is 0. The summed E-state index contributed by atoms with van der Waals surface area (Å²) in [5.74, 6) is -0.209. The molecule has 7 nitrogen and oxygen atoms in total. The van der Waals surface area contributed by atoms with Gasteiger partial charge in [-0.05, 0) is 65.7 Å². The average Bonchev–Trinajstić information content (AvgIpc) is 3.39. The first-order valence-corrected chi connectivity index (χ1v) is 11.8. The molecule has 0 saturated heterocycles. The highest BCUT2D eigenvalue weighted by Crippen LogP contribution is 2.33. The Morgan fingerprint density at radius 3 is 2.29 bits per heavy atom. The van der Waals surface area contributed by atoms with Crippen molar-refractivity contribution in [2.75, 3.05) is 0 Å². The third-order valence-electron chi connectivity index (χ3n) is 6.03. The summed E-state index contributed by atoms with van der Waals surface area (Å²) in [7, 11) is 0. The van der Waals surface area contributed by atoms with Crippen molar-refractivity contribution < 1.29 is 18.1 Å². The third-order valence-corrected chi connectivity index (χ3v) is 6.27. The molecule has 190 valence electrons. The molecule has 5 rings (SSSR count). The van der Waals surface area contributed by atoms with E-state index in [9.17, 15) is 23.7 Å². The summed E-state index contributed by atoms with van der Waals surface area (Å²) in [5, 5.41) is 11.8. The molecule has 0 radical (unpaired) electrons. The fourth-order valence-corrected chi connectivity index (χ4v) is 4.32. The lowest BCUT2D eigenvalue weighted by Crippen LogP contribution is -2.26. The summed E-state index contributed by atoms with van der Waals surface area (Å²) in [5.41, 5.74) is 1.19. The van der Waals surface area contributed by atoms with E-state index in [1.807, 2.05) is 0 Å². The Morgan fingerprint density at radius 2 is 1.63 bits per heavy atom. The van der Waals surface area contributed by atoms with Crippen LogP contribution in [0.15, 0.2) is 100 Å². The van der Waals surface area contributed by atoms with Crippen LogP contribution in [0.4, 0.5) is 14.5 Å². The van der Waals surface area contributed by atoms with Crippen molar-refractivity contribution in [2.45, 2.75) is 12.5 Å². The Kier molecular flexibility index (Phi) is 6.85. The summed E-state index contributed by atoms with van der Waals surface area (Å²) >= 11 is 6.06. The van der Waals surface area contributed by atoms with Crippen molar-refractivity contribution in [3.8, 4) is 22.5 Å². The molecular weight excluding hydrogens is 516 g/mol. The van der Waals surface area contributed by atoms with Gasteiger partial charge in [0.05, 0.1) is 16.7 Å². The summed E-state index contributed by atoms with van der Waals surface area (Å²) in [6, 6.07) is 17.8. The second kappa shape index (κ2) is 10.4. The van der Waals surface area contributed by atoms with E-state index in [2.05, 4.69) is 4.98 Å². The standard InChI is InChI=1S/C28H18ClF2N3O4/c29-20-5-10-24(34(36)37)23(15-20)19-11-12-33(27(35)14-19)25(13-17-1-6-21(30)7-2-17)28-32-16-26(38-28)18-3-8-22(31)9-4-18/h1-12,14-16,25H,13H2. The first kappa shape index (κ1) is 25.0. The molecule has 2 heterocycles.